The molecule has 0 heterocycles. The minimum absolute atomic E-state index is 0.262. The zero-order valence-electron chi connectivity index (χ0n) is 7.57. The number of benzene rings is 1. The SMILES string of the molecule is C=CCCCOc1ccc(O)cc1. The van der Waals surface area contributed by atoms with Gasteiger partial charge in [-0.15, -0.1) is 6.58 Å². The molecule has 0 aliphatic carbocycles. The molecule has 0 amide bonds. The lowest BCUT2D eigenvalue weighted by molar-refractivity contribution is 0.311. The van der Waals surface area contributed by atoms with E-state index < -0.39 is 0 Å². The van der Waals surface area contributed by atoms with Crippen LogP contribution >= 0.6 is 0 Å². The molecule has 0 spiro atoms. The lowest BCUT2D eigenvalue weighted by atomic mass is 10.3. The summed E-state index contributed by atoms with van der Waals surface area (Å²) >= 11 is 0. The van der Waals surface area contributed by atoms with Gasteiger partial charge in [0, 0.05) is 0 Å². The summed E-state index contributed by atoms with van der Waals surface area (Å²) in [5.74, 6) is 1.06. The Labute approximate surface area is 78.5 Å². The van der Waals surface area contributed by atoms with E-state index in [1.807, 2.05) is 6.08 Å². The van der Waals surface area contributed by atoms with Gasteiger partial charge >= 0.3 is 0 Å². The van der Waals surface area contributed by atoms with Crippen LogP contribution in [0, 0.1) is 0 Å². The highest BCUT2D eigenvalue weighted by molar-refractivity contribution is 5.29. The summed E-state index contributed by atoms with van der Waals surface area (Å²) in [4.78, 5) is 0. The number of unbranched alkanes of at least 4 members (excludes halogenated alkanes) is 1. The third-order valence-electron chi connectivity index (χ3n) is 1.66. The lowest BCUT2D eigenvalue weighted by Gasteiger charge is -2.04. The third kappa shape index (κ3) is 3.65. The van der Waals surface area contributed by atoms with E-state index in [4.69, 9.17) is 9.84 Å². The van der Waals surface area contributed by atoms with Crippen molar-refractivity contribution in [1.82, 2.24) is 0 Å². The molecule has 2 nitrogen and oxygen atoms in total. The molecule has 0 radical (unpaired) electrons. The minimum Gasteiger partial charge on any atom is -0.508 e. The summed E-state index contributed by atoms with van der Waals surface area (Å²) in [7, 11) is 0. The predicted octanol–water partition coefficient (Wildman–Crippen LogP) is 2.74. The molecule has 0 unspecified atom stereocenters. The topological polar surface area (TPSA) is 29.5 Å². The first-order chi connectivity index (χ1) is 6.33. The second-order valence-corrected chi connectivity index (χ2v) is 2.77. The van der Waals surface area contributed by atoms with Crippen LogP contribution in [0.25, 0.3) is 0 Å². The Kier molecular flexibility index (Phi) is 3.89. The first-order valence-electron chi connectivity index (χ1n) is 4.35. The van der Waals surface area contributed by atoms with Crippen LogP contribution in [-0.4, -0.2) is 11.7 Å². The molecular weight excluding hydrogens is 164 g/mol. The van der Waals surface area contributed by atoms with Crippen molar-refractivity contribution < 1.29 is 9.84 Å². The molecule has 13 heavy (non-hydrogen) atoms. The van der Waals surface area contributed by atoms with Crippen molar-refractivity contribution >= 4 is 0 Å². The van der Waals surface area contributed by atoms with Gasteiger partial charge in [0.15, 0.2) is 0 Å². The number of aromatic hydroxyl groups is 1. The van der Waals surface area contributed by atoms with E-state index in [1.54, 1.807) is 24.3 Å². The van der Waals surface area contributed by atoms with E-state index in [2.05, 4.69) is 6.58 Å². The number of phenolic OH excluding ortho intramolecular Hbond substituents is 1. The molecule has 0 saturated carbocycles. The number of allylic oxidation sites excluding steroid dienone is 1. The highest BCUT2D eigenvalue weighted by Gasteiger charge is 1.92. The lowest BCUT2D eigenvalue weighted by Crippen LogP contribution is -1.95. The predicted molar refractivity (Wildman–Crippen MR) is 53.0 cm³/mol. The third-order valence-corrected chi connectivity index (χ3v) is 1.66. The first-order valence-corrected chi connectivity index (χ1v) is 4.35. The monoisotopic (exact) mass is 178 g/mol. The fourth-order valence-electron chi connectivity index (χ4n) is 0.960. The summed E-state index contributed by atoms with van der Waals surface area (Å²) in [5, 5.41) is 9.00. The van der Waals surface area contributed by atoms with Gasteiger partial charge in [-0.3, -0.25) is 0 Å². The molecule has 2 heteroatoms. The molecule has 0 aliphatic heterocycles. The van der Waals surface area contributed by atoms with E-state index in [0.29, 0.717) is 6.61 Å². The Morgan fingerprint density at radius 2 is 2.00 bits per heavy atom. The van der Waals surface area contributed by atoms with Gasteiger partial charge in [0.1, 0.15) is 11.5 Å². The van der Waals surface area contributed by atoms with Crippen LogP contribution in [0.1, 0.15) is 12.8 Å². The largest absolute Gasteiger partial charge is 0.508 e. The second kappa shape index (κ2) is 5.25. The molecular formula is C11H14O2. The average molecular weight is 178 g/mol. The molecule has 0 saturated heterocycles. The van der Waals surface area contributed by atoms with Crippen molar-refractivity contribution in [3.05, 3.63) is 36.9 Å². The van der Waals surface area contributed by atoms with E-state index >= 15 is 0 Å². The molecule has 1 rings (SSSR count). The van der Waals surface area contributed by atoms with Gasteiger partial charge in [-0.05, 0) is 37.1 Å². The standard InChI is InChI=1S/C11H14O2/c1-2-3-4-9-13-11-7-5-10(12)6-8-11/h2,5-8,12H,1,3-4,9H2. The van der Waals surface area contributed by atoms with Crippen molar-refractivity contribution in [2.45, 2.75) is 12.8 Å². The zero-order chi connectivity index (χ0) is 9.52. The number of hydrogen-bond donors (Lipinski definition) is 1. The van der Waals surface area contributed by atoms with Crippen LogP contribution in [0.15, 0.2) is 36.9 Å². The van der Waals surface area contributed by atoms with Crippen LogP contribution in [0.3, 0.4) is 0 Å². The Bertz CT molecular complexity index is 251. The summed E-state index contributed by atoms with van der Waals surface area (Å²) < 4.78 is 5.40. The quantitative estimate of drug-likeness (QED) is 0.555. The van der Waals surface area contributed by atoms with Crippen molar-refractivity contribution in [3.63, 3.8) is 0 Å². The van der Waals surface area contributed by atoms with E-state index in [-0.39, 0.29) is 5.75 Å². The second-order valence-electron chi connectivity index (χ2n) is 2.77. The molecule has 1 N–H and O–H groups in total. The van der Waals surface area contributed by atoms with E-state index in [0.717, 1.165) is 18.6 Å². The highest BCUT2D eigenvalue weighted by Crippen LogP contribution is 2.15. The Hall–Kier alpha value is -1.44. The van der Waals surface area contributed by atoms with Gasteiger partial charge in [0.25, 0.3) is 0 Å². The molecule has 70 valence electrons. The van der Waals surface area contributed by atoms with Crippen LogP contribution in [0.4, 0.5) is 0 Å². The van der Waals surface area contributed by atoms with Gasteiger partial charge in [-0.2, -0.15) is 0 Å². The maximum Gasteiger partial charge on any atom is 0.119 e. The van der Waals surface area contributed by atoms with Crippen molar-refractivity contribution in [3.8, 4) is 11.5 Å². The van der Waals surface area contributed by atoms with Crippen LogP contribution in [0.5, 0.6) is 11.5 Å². The Balaban J connectivity index is 2.28. The molecule has 0 bridgehead atoms. The number of rotatable bonds is 5. The fourth-order valence-corrected chi connectivity index (χ4v) is 0.960. The zero-order valence-corrected chi connectivity index (χ0v) is 7.57. The smallest absolute Gasteiger partial charge is 0.119 e. The molecule has 0 aromatic heterocycles. The van der Waals surface area contributed by atoms with Gasteiger partial charge in [0.2, 0.25) is 0 Å². The molecule has 1 aromatic carbocycles. The summed E-state index contributed by atoms with van der Waals surface area (Å²) in [6, 6.07) is 6.73. The van der Waals surface area contributed by atoms with Crippen molar-refractivity contribution in [2.24, 2.45) is 0 Å². The Morgan fingerprint density at radius 1 is 1.31 bits per heavy atom. The minimum atomic E-state index is 0.262. The first kappa shape index (κ1) is 9.65. The maximum absolute atomic E-state index is 9.00. The van der Waals surface area contributed by atoms with E-state index in [9.17, 15) is 0 Å². The maximum atomic E-state index is 9.00. The summed E-state index contributed by atoms with van der Waals surface area (Å²) in [5.41, 5.74) is 0. The summed E-state index contributed by atoms with van der Waals surface area (Å²) in [6.45, 7) is 4.32. The average Bonchev–Trinajstić information content (AvgIpc) is 2.15. The van der Waals surface area contributed by atoms with Crippen molar-refractivity contribution in [2.75, 3.05) is 6.61 Å². The van der Waals surface area contributed by atoms with Crippen LogP contribution < -0.4 is 4.74 Å². The van der Waals surface area contributed by atoms with Gasteiger partial charge in [-0.1, -0.05) is 6.08 Å². The van der Waals surface area contributed by atoms with Crippen molar-refractivity contribution in [1.29, 1.82) is 0 Å². The van der Waals surface area contributed by atoms with E-state index in [1.165, 1.54) is 0 Å². The highest BCUT2D eigenvalue weighted by atomic mass is 16.5. The summed E-state index contributed by atoms with van der Waals surface area (Å²) in [6.07, 6.45) is 3.82. The fraction of sp³-hybridized carbons (Fsp3) is 0.273. The molecule has 0 atom stereocenters. The molecule has 0 fully saturated rings. The van der Waals surface area contributed by atoms with Gasteiger partial charge in [-0.25, -0.2) is 0 Å². The van der Waals surface area contributed by atoms with Crippen LogP contribution in [0.2, 0.25) is 0 Å². The number of hydrogen-bond acceptors (Lipinski definition) is 2. The number of ether oxygens (including phenoxy) is 1. The number of phenols is 1. The van der Waals surface area contributed by atoms with Crippen LogP contribution in [-0.2, 0) is 0 Å². The van der Waals surface area contributed by atoms with Gasteiger partial charge in [0.05, 0.1) is 6.61 Å². The van der Waals surface area contributed by atoms with Gasteiger partial charge < -0.3 is 9.84 Å². The Morgan fingerprint density at radius 3 is 2.62 bits per heavy atom. The molecule has 0 aliphatic rings. The normalized spacial score (nSPS) is 9.54. The molecule has 1 aromatic rings.